The highest BCUT2D eigenvalue weighted by Gasteiger charge is 2.16. The quantitative estimate of drug-likeness (QED) is 0.731. The Hall–Kier alpha value is -2.30. The van der Waals surface area contributed by atoms with Crippen LogP contribution in [0.5, 0.6) is 0 Å². The van der Waals surface area contributed by atoms with E-state index in [1.165, 1.54) is 0 Å². The first-order valence-corrected chi connectivity index (χ1v) is 7.57. The second kappa shape index (κ2) is 7.64. The second-order valence-corrected chi connectivity index (χ2v) is 5.37. The number of aryl methyl sites for hydroxylation is 1. The van der Waals surface area contributed by atoms with E-state index >= 15 is 0 Å². The smallest absolute Gasteiger partial charge is 0.303 e. The number of hydrogen-bond donors (Lipinski definition) is 2. The third kappa shape index (κ3) is 4.10. The molecule has 2 aromatic rings. The molecule has 1 aromatic heterocycles. The Balaban J connectivity index is 1.77. The van der Waals surface area contributed by atoms with Gasteiger partial charge in [-0.2, -0.15) is 0 Å². The number of para-hydroxylation sites is 1. The van der Waals surface area contributed by atoms with Crippen LogP contribution in [-0.2, 0) is 4.79 Å². The molecule has 0 spiro atoms. The van der Waals surface area contributed by atoms with Gasteiger partial charge in [0, 0.05) is 23.9 Å². The standard InChI is InChI=1S/C17H21NO4/c1-12-13-8-5-6-9-14(13)22-16(12)17(21)18-11-7-3-2-4-10-15(19)20/h5-6,8-9H,2-4,7,10-11H2,1H3,(H,18,21)(H,19,20). The zero-order valence-corrected chi connectivity index (χ0v) is 12.7. The summed E-state index contributed by atoms with van der Waals surface area (Å²) in [6, 6.07) is 7.59. The predicted molar refractivity (Wildman–Crippen MR) is 84.0 cm³/mol. The minimum Gasteiger partial charge on any atom is -0.481 e. The van der Waals surface area contributed by atoms with Gasteiger partial charge in [0.25, 0.3) is 5.91 Å². The molecule has 1 amide bonds. The zero-order chi connectivity index (χ0) is 15.9. The number of carboxylic acids is 1. The maximum atomic E-state index is 12.1. The number of fused-ring (bicyclic) bond motifs is 1. The van der Waals surface area contributed by atoms with Crippen LogP contribution in [0.1, 0.15) is 48.2 Å². The fourth-order valence-corrected chi connectivity index (χ4v) is 2.43. The summed E-state index contributed by atoms with van der Waals surface area (Å²) in [6.07, 6.45) is 3.51. The lowest BCUT2D eigenvalue weighted by atomic mass is 10.1. The van der Waals surface area contributed by atoms with Gasteiger partial charge in [0.15, 0.2) is 5.76 Å². The number of rotatable bonds is 8. The van der Waals surface area contributed by atoms with Crippen LogP contribution in [-0.4, -0.2) is 23.5 Å². The number of carbonyl (C=O) groups excluding carboxylic acids is 1. The van der Waals surface area contributed by atoms with Crippen LogP contribution in [0, 0.1) is 6.92 Å². The van der Waals surface area contributed by atoms with Gasteiger partial charge in [-0.1, -0.05) is 31.0 Å². The predicted octanol–water partition coefficient (Wildman–Crippen LogP) is 3.51. The van der Waals surface area contributed by atoms with Crippen molar-refractivity contribution in [2.75, 3.05) is 6.54 Å². The molecule has 5 heteroatoms. The van der Waals surface area contributed by atoms with Gasteiger partial charge in [-0.15, -0.1) is 0 Å². The Kier molecular flexibility index (Phi) is 5.58. The molecule has 1 aromatic carbocycles. The van der Waals surface area contributed by atoms with Crippen molar-refractivity contribution in [3.63, 3.8) is 0 Å². The molecular formula is C17H21NO4. The first-order valence-electron chi connectivity index (χ1n) is 7.57. The lowest BCUT2D eigenvalue weighted by molar-refractivity contribution is -0.137. The third-order valence-corrected chi connectivity index (χ3v) is 3.65. The van der Waals surface area contributed by atoms with Crippen LogP contribution in [0.4, 0.5) is 0 Å². The van der Waals surface area contributed by atoms with Gasteiger partial charge in [-0.25, -0.2) is 0 Å². The van der Waals surface area contributed by atoms with Gasteiger partial charge in [0.05, 0.1) is 0 Å². The molecule has 0 radical (unpaired) electrons. The topological polar surface area (TPSA) is 79.5 Å². The normalized spacial score (nSPS) is 10.8. The molecular weight excluding hydrogens is 282 g/mol. The molecule has 2 N–H and O–H groups in total. The van der Waals surface area contributed by atoms with Gasteiger partial charge in [-0.05, 0) is 25.8 Å². The fraction of sp³-hybridized carbons (Fsp3) is 0.412. The molecule has 118 valence electrons. The molecule has 0 fully saturated rings. The Morgan fingerprint density at radius 1 is 1.14 bits per heavy atom. The molecule has 1 heterocycles. The number of benzene rings is 1. The van der Waals surface area contributed by atoms with Gasteiger partial charge < -0.3 is 14.8 Å². The molecule has 2 rings (SSSR count). The van der Waals surface area contributed by atoms with E-state index in [0.29, 0.717) is 18.7 Å². The number of nitrogens with one attached hydrogen (secondary N) is 1. The van der Waals surface area contributed by atoms with Crippen LogP contribution in [0.25, 0.3) is 11.0 Å². The average Bonchev–Trinajstić information content (AvgIpc) is 2.83. The molecule has 22 heavy (non-hydrogen) atoms. The largest absolute Gasteiger partial charge is 0.481 e. The van der Waals surface area contributed by atoms with E-state index < -0.39 is 5.97 Å². The number of carboxylic acid groups (broad SMARTS) is 1. The number of carbonyl (C=O) groups is 2. The van der Waals surface area contributed by atoms with Crippen molar-refractivity contribution in [3.05, 3.63) is 35.6 Å². The Bertz CT molecular complexity index is 660. The molecule has 0 bridgehead atoms. The first kappa shape index (κ1) is 16.1. The number of aliphatic carboxylic acids is 1. The maximum absolute atomic E-state index is 12.1. The van der Waals surface area contributed by atoms with Crippen molar-refractivity contribution in [1.82, 2.24) is 5.32 Å². The minimum atomic E-state index is -0.756. The summed E-state index contributed by atoms with van der Waals surface area (Å²) >= 11 is 0. The maximum Gasteiger partial charge on any atom is 0.303 e. The number of unbranched alkanes of at least 4 members (excludes halogenated alkanes) is 3. The van der Waals surface area contributed by atoms with E-state index in [-0.39, 0.29) is 12.3 Å². The number of hydrogen-bond acceptors (Lipinski definition) is 3. The Labute approximate surface area is 129 Å². The highest BCUT2D eigenvalue weighted by molar-refractivity contribution is 5.98. The summed E-state index contributed by atoms with van der Waals surface area (Å²) in [5, 5.41) is 12.3. The van der Waals surface area contributed by atoms with E-state index in [1.807, 2.05) is 31.2 Å². The molecule has 0 aliphatic carbocycles. The summed E-state index contributed by atoms with van der Waals surface area (Å²) in [5.74, 6) is -0.583. The van der Waals surface area contributed by atoms with Crippen LogP contribution in [0.3, 0.4) is 0 Å². The van der Waals surface area contributed by atoms with Crippen molar-refractivity contribution >= 4 is 22.8 Å². The lowest BCUT2D eigenvalue weighted by Crippen LogP contribution is -2.24. The van der Waals surface area contributed by atoms with Crippen molar-refractivity contribution in [1.29, 1.82) is 0 Å². The molecule has 0 unspecified atom stereocenters. The summed E-state index contributed by atoms with van der Waals surface area (Å²) in [5.41, 5.74) is 1.58. The highest BCUT2D eigenvalue weighted by Crippen LogP contribution is 2.24. The van der Waals surface area contributed by atoms with Gasteiger partial charge in [-0.3, -0.25) is 9.59 Å². The second-order valence-electron chi connectivity index (χ2n) is 5.37. The monoisotopic (exact) mass is 303 g/mol. The van der Waals surface area contributed by atoms with E-state index in [4.69, 9.17) is 9.52 Å². The molecule has 0 aliphatic rings. The Morgan fingerprint density at radius 2 is 1.86 bits per heavy atom. The molecule has 0 atom stereocenters. The van der Waals surface area contributed by atoms with Crippen LogP contribution < -0.4 is 5.32 Å². The van der Waals surface area contributed by atoms with Crippen molar-refractivity contribution in [2.24, 2.45) is 0 Å². The Morgan fingerprint density at radius 3 is 2.59 bits per heavy atom. The lowest BCUT2D eigenvalue weighted by Gasteiger charge is -2.03. The molecule has 0 saturated carbocycles. The van der Waals surface area contributed by atoms with Crippen molar-refractivity contribution in [2.45, 2.75) is 39.0 Å². The van der Waals surface area contributed by atoms with Crippen LogP contribution in [0.2, 0.25) is 0 Å². The summed E-state index contributed by atoms with van der Waals surface area (Å²) in [6.45, 7) is 2.45. The SMILES string of the molecule is Cc1c(C(=O)NCCCCCCC(=O)O)oc2ccccc12. The van der Waals surface area contributed by atoms with E-state index in [9.17, 15) is 9.59 Å². The van der Waals surface area contributed by atoms with E-state index in [2.05, 4.69) is 5.32 Å². The van der Waals surface area contributed by atoms with E-state index in [0.717, 1.165) is 35.8 Å². The average molecular weight is 303 g/mol. The van der Waals surface area contributed by atoms with E-state index in [1.54, 1.807) is 0 Å². The molecule has 5 nitrogen and oxygen atoms in total. The highest BCUT2D eigenvalue weighted by atomic mass is 16.4. The summed E-state index contributed by atoms with van der Waals surface area (Å²) < 4.78 is 5.61. The molecule has 0 aliphatic heterocycles. The van der Waals surface area contributed by atoms with Crippen LogP contribution >= 0.6 is 0 Å². The van der Waals surface area contributed by atoms with Crippen molar-refractivity contribution in [3.8, 4) is 0 Å². The fourth-order valence-electron chi connectivity index (χ4n) is 2.43. The van der Waals surface area contributed by atoms with Gasteiger partial charge >= 0.3 is 5.97 Å². The first-order chi connectivity index (χ1) is 10.6. The summed E-state index contributed by atoms with van der Waals surface area (Å²) in [7, 11) is 0. The summed E-state index contributed by atoms with van der Waals surface area (Å²) in [4.78, 5) is 22.5. The van der Waals surface area contributed by atoms with Gasteiger partial charge in [0.1, 0.15) is 5.58 Å². The molecule has 0 saturated heterocycles. The minimum absolute atomic E-state index is 0.195. The third-order valence-electron chi connectivity index (χ3n) is 3.65. The number of amides is 1. The van der Waals surface area contributed by atoms with Crippen LogP contribution in [0.15, 0.2) is 28.7 Å². The number of furan rings is 1. The zero-order valence-electron chi connectivity index (χ0n) is 12.7. The van der Waals surface area contributed by atoms with Crippen molar-refractivity contribution < 1.29 is 19.1 Å². The van der Waals surface area contributed by atoms with Gasteiger partial charge in [0.2, 0.25) is 0 Å².